The van der Waals surface area contributed by atoms with E-state index in [0.29, 0.717) is 5.82 Å². The zero-order valence-corrected chi connectivity index (χ0v) is 24.6. The van der Waals surface area contributed by atoms with E-state index in [-0.39, 0.29) is 28.9 Å². The van der Waals surface area contributed by atoms with Gasteiger partial charge in [-0.1, -0.05) is 18.2 Å². The van der Waals surface area contributed by atoms with Crippen LogP contribution < -0.4 is 20.7 Å². The number of alkyl halides is 2. The van der Waals surface area contributed by atoms with Crippen molar-refractivity contribution in [3.8, 4) is 5.75 Å². The van der Waals surface area contributed by atoms with Gasteiger partial charge in [-0.05, 0) is 45.7 Å². The molecule has 14 nitrogen and oxygen atoms in total. The Morgan fingerprint density at radius 2 is 2.00 bits per heavy atom. The summed E-state index contributed by atoms with van der Waals surface area (Å²) in [6.45, 7) is 2.34. The third kappa shape index (κ3) is 6.73. The van der Waals surface area contributed by atoms with Crippen LogP contribution in [-0.4, -0.2) is 79.9 Å². The molecule has 1 aliphatic carbocycles. The van der Waals surface area contributed by atoms with Gasteiger partial charge in [0, 0.05) is 6.04 Å². The van der Waals surface area contributed by atoms with Gasteiger partial charge in [0.05, 0.1) is 19.0 Å². The normalized spacial score (nSPS) is 25.9. The number of esters is 1. The zero-order chi connectivity index (χ0) is 30.9. The van der Waals surface area contributed by atoms with Gasteiger partial charge in [-0.2, -0.15) is 15.1 Å². The number of nitrogen functional groups attached to an aromatic ring is 1. The van der Waals surface area contributed by atoms with Crippen molar-refractivity contribution < 1.29 is 41.8 Å². The first kappa shape index (κ1) is 31.0. The van der Waals surface area contributed by atoms with E-state index in [1.54, 1.807) is 32.0 Å². The number of halogens is 2. The molecule has 0 radical (unpaired) electrons. The molecule has 6 atom stereocenters. The number of benzene rings is 1. The van der Waals surface area contributed by atoms with Crippen molar-refractivity contribution in [1.29, 1.82) is 0 Å². The number of aromatic nitrogens is 4. The topological polar surface area (TPSA) is 185 Å². The lowest BCUT2D eigenvalue weighted by Crippen LogP contribution is -2.45. The molecular formula is C26H34F2N7O7P. The van der Waals surface area contributed by atoms with E-state index in [0.717, 1.165) is 17.4 Å². The van der Waals surface area contributed by atoms with Crippen LogP contribution in [0.15, 0.2) is 36.7 Å². The first-order valence-corrected chi connectivity index (χ1v) is 15.3. The Balaban J connectivity index is 1.38. The van der Waals surface area contributed by atoms with E-state index < -0.39 is 63.2 Å². The summed E-state index contributed by atoms with van der Waals surface area (Å²) in [6.07, 6.45) is -2.73. The first-order chi connectivity index (χ1) is 20.4. The van der Waals surface area contributed by atoms with Gasteiger partial charge in [-0.3, -0.25) is 13.9 Å². The van der Waals surface area contributed by atoms with E-state index in [1.807, 2.05) is 0 Å². The fourth-order valence-corrected chi connectivity index (χ4v) is 6.02. The summed E-state index contributed by atoms with van der Waals surface area (Å²) in [6, 6.07) is 7.01. The summed E-state index contributed by atoms with van der Waals surface area (Å²) >= 11 is 0. The fraction of sp³-hybridized carbons (Fsp3) is 0.538. The third-order valence-electron chi connectivity index (χ3n) is 6.81. The van der Waals surface area contributed by atoms with Crippen LogP contribution in [0.2, 0.25) is 0 Å². The fourth-order valence-electron chi connectivity index (χ4n) is 4.51. The molecule has 17 heteroatoms. The third-order valence-corrected chi connectivity index (χ3v) is 8.45. The van der Waals surface area contributed by atoms with Crippen LogP contribution in [0.4, 0.5) is 20.5 Å². The van der Waals surface area contributed by atoms with Crippen LogP contribution in [0.3, 0.4) is 0 Å². The molecule has 0 unspecified atom stereocenters. The Kier molecular flexibility index (Phi) is 8.86. The highest BCUT2D eigenvalue weighted by Gasteiger charge is 2.59. The predicted molar refractivity (Wildman–Crippen MR) is 151 cm³/mol. The molecule has 0 spiro atoms. The zero-order valence-electron chi connectivity index (χ0n) is 23.7. The van der Waals surface area contributed by atoms with Crippen LogP contribution in [0, 0.1) is 0 Å². The number of carbonyl (C=O) groups excluding carboxylic acids is 1. The van der Waals surface area contributed by atoms with Gasteiger partial charge in [0.15, 0.2) is 23.2 Å². The lowest BCUT2D eigenvalue weighted by molar-refractivity contribution is -0.149. The number of aliphatic hydroxyl groups excluding tert-OH is 1. The van der Waals surface area contributed by atoms with Crippen LogP contribution in [-0.2, 0) is 23.4 Å². The molecule has 43 heavy (non-hydrogen) atoms. The molecule has 1 aliphatic heterocycles. The molecule has 3 heterocycles. The smallest absolute Gasteiger partial charge is 0.459 e. The summed E-state index contributed by atoms with van der Waals surface area (Å²) in [5, 5.41) is 16.6. The minimum atomic E-state index is -4.39. The Hall–Kier alpha value is -3.43. The highest BCUT2D eigenvalue weighted by Crippen LogP contribution is 2.48. The largest absolute Gasteiger partial charge is 0.462 e. The van der Waals surface area contributed by atoms with E-state index in [4.69, 9.17) is 24.3 Å². The number of nitrogens with two attached hydrogens (primary N) is 1. The number of ether oxygens (including phenoxy) is 2. The van der Waals surface area contributed by atoms with Crippen LogP contribution in [0.25, 0.3) is 11.2 Å². The number of hydrogen-bond donors (Lipinski definition) is 4. The number of hydrogen-bond acceptors (Lipinski definition) is 12. The Morgan fingerprint density at radius 1 is 1.28 bits per heavy atom. The summed E-state index contributed by atoms with van der Waals surface area (Å²) in [5.41, 5.74) is 3.22. The molecule has 1 aromatic carbocycles. The molecule has 0 bridgehead atoms. The molecule has 3 aromatic rings. The van der Waals surface area contributed by atoms with Crippen molar-refractivity contribution >= 4 is 36.6 Å². The number of para-hydroxylation sites is 1. The first-order valence-electron chi connectivity index (χ1n) is 13.7. The number of nitrogens with zero attached hydrogens (tertiary/aromatic N) is 4. The van der Waals surface area contributed by atoms with Crippen LogP contribution >= 0.6 is 7.75 Å². The van der Waals surface area contributed by atoms with Crippen LogP contribution in [0.1, 0.15) is 39.8 Å². The number of imidazole rings is 1. The molecule has 0 amide bonds. The minimum Gasteiger partial charge on any atom is -0.462 e. The molecule has 5 rings (SSSR count). The molecular weight excluding hydrogens is 591 g/mol. The minimum absolute atomic E-state index is 0.0575. The SMILES string of the molecule is CC(C)OC(=O)[C@H](C)N[P@@](=O)(OC[C@H]1O[C@@H](n2cnc3c(NC4CC4)nc(N)nc32)[C@@](F)(CF)[C@@H]1O)Oc1ccccc1. The number of rotatable bonds is 13. The second-order valence-electron chi connectivity index (χ2n) is 10.7. The molecule has 1 saturated carbocycles. The summed E-state index contributed by atoms with van der Waals surface area (Å²) in [4.78, 5) is 25.0. The summed E-state index contributed by atoms with van der Waals surface area (Å²) in [7, 11) is -4.39. The van der Waals surface area contributed by atoms with Crippen molar-refractivity contribution in [1.82, 2.24) is 24.6 Å². The monoisotopic (exact) mass is 625 g/mol. The van der Waals surface area contributed by atoms with Crippen molar-refractivity contribution in [2.24, 2.45) is 0 Å². The standard InChI is InChI=1S/C26H34F2N7O7P/c1-14(2)40-23(37)15(3)34-43(38,42-17-7-5-4-6-8-17)39-11-18-20(36)26(28,12-27)24(41-18)35-13-30-19-21(31-16-9-10-16)32-25(29)33-22(19)35/h4-8,13-16,18,20,24,36H,9-12H2,1-3H3,(H,34,38)(H3,29,31,32,33)/t15-,18+,20+,24+,26+,43+/m0/s1. The second-order valence-corrected chi connectivity index (χ2v) is 12.4. The Labute approximate surface area is 245 Å². The quantitative estimate of drug-likeness (QED) is 0.161. The lowest BCUT2D eigenvalue weighted by atomic mass is 9.97. The van der Waals surface area contributed by atoms with E-state index in [1.165, 1.54) is 25.4 Å². The highest BCUT2D eigenvalue weighted by atomic mass is 31.2. The van der Waals surface area contributed by atoms with Gasteiger partial charge < -0.3 is 30.2 Å². The lowest BCUT2D eigenvalue weighted by Gasteiger charge is -2.26. The van der Waals surface area contributed by atoms with Gasteiger partial charge in [0.1, 0.15) is 30.7 Å². The highest BCUT2D eigenvalue weighted by molar-refractivity contribution is 7.52. The van der Waals surface area contributed by atoms with E-state index in [2.05, 4.69) is 25.4 Å². The van der Waals surface area contributed by atoms with E-state index >= 15 is 4.39 Å². The molecule has 234 valence electrons. The molecule has 2 fully saturated rings. The number of carbonyl (C=O) groups is 1. The van der Waals surface area contributed by atoms with E-state index in [9.17, 15) is 18.9 Å². The maximum Gasteiger partial charge on any atom is 0.459 e. The van der Waals surface area contributed by atoms with Gasteiger partial charge in [0.25, 0.3) is 0 Å². The van der Waals surface area contributed by atoms with Gasteiger partial charge in [-0.15, -0.1) is 0 Å². The van der Waals surface area contributed by atoms with Gasteiger partial charge >= 0.3 is 13.7 Å². The predicted octanol–water partition coefficient (Wildman–Crippen LogP) is 3.05. The number of anilines is 2. The van der Waals surface area contributed by atoms with Gasteiger partial charge in [0.2, 0.25) is 11.6 Å². The van der Waals surface area contributed by atoms with Crippen molar-refractivity contribution in [3.05, 3.63) is 36.7 Å². The molecule has 5 N–H and O–H groups in total. The van der Waals surface area contributed by atoms with Crippen molar-refractivity contribution in [2.45, 2.75) is 75.9 Å². The average molecular weight is 626 g/mol. The van der Waals surface area contributed by atoms with Crippen LogP contribution in [0.5, 0.6) is 5.75 Å². The molecule has 2 aliphatic rings. The number of nitrogens with one attached hydrogen (secondary N) is 2. The Morgan fingerprint density at radius 3 is 2.65 bits per heavy atom. The van der Waals surface area contributed by atoms with Gasteiger partial charge in [-0.25, -0.2) is 18.3 Å². The maximum atomic E-state index is 16.1. The summed E-state index contributed by atoms with van der Waals surface area (Å²) < 4.78 is 67.4. The molecule has 2 aromatic heterocycles. The number of aliphatic hydroxyl groups is 1. The maximum absolute atomic E-state index is 16.1. The second kappa shape index (κ2) is 12.3. The molecule has 1 saturated heterocycles. The summed E-state index contributed by atoms with van der Waals surface area (Å²) in [5.74, 6) is -0.385. The number of fused-ring (bicyclic) bond motifs is 1. The Bertz CT molecular complexity index is 1500. The average Bonchev–Trinajstić information content (AvgIpc) is 3.62. The van der Waals surface area contributed by atoms with Crippen molar-refractivity contribution in [3.63, 3.8) is 0 Å². The van der Waals surface area contributed by atoms with Crippen molar-refractivity contribution in [2.75, 3.05) is 24.3 Å².